The van der Waals surface area contributed by atoms with E-state index in [0.717, 1.165) is 41.3 Å². The molecule has 2 unspecified atom stereocenters. The number of amides is 2. The molecule has 0 bridgehead atoms. The highest BCUT2D eigenvalue weighted by molar-refractivity contribution is 7.12. The normalized spacial score (nSPS) is 22.5. The minimum atomic E-state index is -0.206. The largest absolute Gasteiger partial charge is 0.347 e. The lowest BCUT2D eigenvalue weighted by Gasteiger charge is -2.28. The van der Waals surface area contributed by atoms with Gasteiger partial charge in [0, 0.05) is 25.4 Å². The number of hydrazone groups is 1. The first kappa shape index (κ1) is 19.3. The molecule has 0 spiro atoms. The van der Waals surface area contributed by atoms with Gasteiger partial charge in [0.25, 0.3) is 5.91 Å². The Morgan fingerprint density at radius 1 is 1.21 bits per heavy atom. The number of rotatable bonds is 5. The highest BCUT2D eigenvalue weighted by Gasteiger charge is 2.38. The maximum Gasteiger partial charge on any atom is 0.257 e. The van der Waals surface area contributed by atoms with Gasteiger partial charge in [0.1, 0.15) is 0 Å². The van der Waals surface area contributed by atoms with E-state index in [1.165, 1.54) is 0 Å². The highest BCUT2D eigenvalue weighted by atomic mass is 32.1. The number of hydrogen-bond donors (Lipinski definition) is 0. The zero-order chi connectivity index (χ0) is 19.7. The molecule has 0 radical (unpaired) electrons. The first-order valence-corrected chi connectivity index (χ1v) is 11.2. The molecule has 4 rings (SSSR count). The standard InChI is InChI=1S/C20H24N4O2S2/c1-22(2)20(26)15-6-3-9-23(15)13-19(25)24-16(18-8-5-11-28-18)12-14(21-24)17-7-4-10-27-17/h4-5,7-8,10-11,15-16H,3,6,9,12-13H2,1-2H3. The van der Waals surface area contributed by atoms with Gasteiger partial charge in [0.15, 0.2) is 0 Å². The first-order chi connectivity index (χ1) is 13.5. The van der Waals surface area contributed by atoms with Crippen molar-refractivity contribution >= 4 is 40.2 Å². The lowest BCUT2D eigenvalue weighted by Crippen LogP contribution is -2.46. The summed E-state index contributed by atoms with van der Waals surface area (Å²) in [6, 6.07) is 7.87. The fourth-order valence-electron chi connectivity index (χ4n) is 3.87. The summed E-state index contributed by atoms with van der Waals surface area (Å²) in [5, 5.41) is 10.4. The zero-order valence-electron chi connectivity index (χ0n) is 16.1. The van der Waals surface area contributed by atoms with E-state index in [-0.39, 0.29) is 30.4 Å². The van der Waals surface area contributed by atoms with Gasteiger partial charge >= 0.3 is 0 Å². The van der Waals surface area contributed by atoms with Crippen LogP contribution in [-0.2, 0) is 9.59 Å². The second-order valence-corrected chi connectivity index (χ2v) is 9.29. The Balaban J connectivity index is 1.54. The van der Waals surface area contributed by atoms with E-state index in [0.29, 0.717) is 0 Å². The Labute approximate surface area is 173 Å². The third-order valence-corrected chi connectivity index (χ3v) is 7.16. The fourth-order valence-corrected chi connectivity index (χ4v) is 5.41. The molecule has 0 aliphatic carbocycles. The molecule has 2 amide bonds. The molecule has 4 heterocycles. The van der Waals surface area contributed by atoms with Crippen molar-refractivity contribution in [1.82, 2.24) is 14.8 Å². The quantitative estimate of drug-likeness (QED) is 0.753. The summed E-state index contributed by atoms with van der Waals surface area (Å²) >= 11 is 3.30. The van der Waals surface area contributed by atoms with Crippen LogP contribution in [0.5, 0.6) is 0 Å². The zero-order valence-corrected chi connectivity index (χ0v) is 17.7. The number of thiophene rings is 2. The van der Waals surface area contributed by atoms with Crippen LogP contribution in [0.1, 0.15) is 35.1 Å². The van der Waals surface area contributed by atoms with Crippen molar-refractivity contribution in [3.05, 3.63) is 44.8 Å². The van der Waals surface area contributed by atoms with Crippen LogP contribution in [0.25, 0.3) is 0 Å². The second kappa shape index (κ2) is 8.14. The van der Waals surface area contributed by atoms with Gasteiger partial charge in [-0.3, -0.25) is 14.5 Å². The van der Waals surface area contributed by atoms with E-state index >= 15 is 0 Å². The van der Waals surface area contributed by atoms with Crippen molar-refractivity contribution in [2.45, 2.75) is 31.3 Å². The van der Waals surface area contributed by atoms with Crippen molar-refractivity contribution in [3.63, 3.8) is 0 Å². The molecule has 148 valence electrons. The van der Waals surface area contributed by atoms with E-state index in [4.69, 9.17) is 5.10 Å². The summed E-state index contributed by atoms with van der Waals surface area (Å²) in [7, 11) is 3.54. The number of nitrogens with zero attached hydrogens (tertiary/aromatic N) is 4. The molecule has 2 aliphatic heterocycles. The molecule has 2 aromatic rings. The lowest BCUT2D eigenvalue weighted by molar-refractivity contribution is -0.137. The number of likely N-dealkylation sites (N-methyl/N-ethyl adjacent to an activating group) is 1. The smallest absolute Gasteiger partial charge is 0.257 e. The molecule has 0 saturated carbocycles. The van der Waals surface area contributed by atoms with Crippen molar-refractivity contribution in [2.75, 3.05) is 27.2 Å². The van der Waals surface area contributed by atoms with Crippen LogP contribution in [0, 0.1) is 0 Å². The first-order valence-electron chi connectivity index (χ1n) is 9.46. The topological polar surface area (TPSA) is 56.2 Å². The summed E-state index contributed by atoms with van der Waals surface area (Å²) < 4.78 is 0. The van der Waals surface area contributed by atoms with Gasteiger partial charge in [0.2, 0.25) is 5.91 Å². The molecule has 8 heteroatoms. The van der Waals surface area contributed by atoms with Crippen molar-refractivity contribution in [1.29, 1.82) is 0 Å². The maximum atomic E-state index is 13.2. The second-order valence-electron chi connectivity index (χ2n) is 7.36. The van der Waals surface area contributed by atoms with Gasteiger partial charge in [-0.15, -0.1) is 22.7 Å². The van der Waals surface area contributed by atoms with Crippen LogP contribution < -0.4 is 0 Å². The van der Waals surface area contributed by atoms with Gasteiger partial charge in [-0.1, -0.05) is 12.1 Å². The molecular formula is C20H24N4O2S2. The number of hydrogen-bond acceptors (Lipinski definition) is 6. The summed E-state index contributed by atoms with van der Waals surface area (Å²) in [5.41, 5.74) is 0.962. The van der Waals surface area contributed by atoms with Crippen LogP contribution in [-0.4, -0.2) is 65.6 Å². The van der Waals surface area contributed by atoms with E-state index in [2.05, 4.69) is 12.1 Å². The molecule has 2 aromatic heterocycles. The third kappa shape index (κ3) is 3.76. The predicted molar refractivity (Wildman–Crippen MR) is 113 cm³/mol. The fraction of sp³-hybridized carbons (Fsp3) is 0.450. The van der Waals surface area contributed by atoms with Crippen molar-refractivity contribution in [2.24, 2.45) is 5.10 Å². The van der Waals surface area contributed by atoms with Gasteiger partial charge in [-0.05, 0) is 42.3 Å². The molecule has 28 heavy (non-hydrogen) atoms. The summed E-state index contributed by atoms with van der Waals surface area (Å²) in [6.45, 7) is 1.00. The molecular weight excluding hydrogens is 392 g/mol. The Kier molecular flexibility index (Phi) is 5.61. The monoisotopic (exact) mass is 416 g/mol. The Morgan fingerprint density at radius 3 is 2.68 bits per heavy atom. The Bertz CT molecular complexity index is 861. The van der Waals surface area contributed by atoms with Crippen molar-refractivity contribution in [3.8, 4) is 0 Å². The van der Waals surface area contributed by atoms with E-state index in [9.17, 15) is 9.59 Å². The van der Waals surface area contributed by atoms with Crippen LogP contribution in [0.3, 0.4) is 0 Å². The van der Waals surface area contributed by atoms with E-state index < -0.39 is 0 Å². The molecule has 6 nitrogen and oxygen atoms in total. The van der Waals surface area contributed by atoms with Crippen LogP contribution >= 0.6 is 22.7 Å². The van der Waals surface area contributed by atoms with E-state index in [1.807, 2.05) is 27.8 Å². The molecule has 0 N–H and O–H groups in total. The van der Waals surface area contributed by atoms with Crippen molar-refractivity contribution < 1.29 is 9.59 Å². The molecule has 0 aromatic carbocycles. The molecule has 1 fully saturated rings. The lowest BCUT2D eigenvalue weighted by atomic mass is 10.1. The highest BCUT2D eigenvalue weighted by Crippen LogP contribution is 2.36. The third-order valence-electron chi connectivity index (χ3n) is 5.27. The van der Waals surface area contributed by atoms with Crippen LogP contribution in [0.4, 0.5) is 0 Å². The number of likely N-dealkylation sites (tertiary alicyclic amines) is 1. The minimum absolute atomic E-state index is 0.0385. The summed E-state index contributed by atoms with van der Waals surface area (Å²) in [6.07, 6.45) is 2.48. The summed E-state index contributed by atoms with van der Waals surface area (Å²) in [4.78, 5) is 31.6. The minimum Gasteiger partial charge on any atom is -0.347 e. The van der Waals surface area contributed by atoms with Crippen LogP contribution in [0.15, 0.2) is 40.1 Å². The van der Waals surface area contributed by atoms with Gasteiger partial charge in [-0.25, -0.2) is 5.01 Å². The molecule has 2 atom stereocenters. The van der Waals surface area contributed by atoms with Gasteiger partial charge in [0.05, 0.1) is 29.2 Å². The average molecular weight is 417 g/mol. The summed E-state index contributed by atoms with van der Waals surface area (Å²) in [5.74, 6) is 0.0349. The Hall–Kier alpha value is -2.03. The SMILES string of the molecule is CN(C)C(=O)C1CCCN1CC(=O)N1N=C(c2cccs2)CC1c1cccs1. The number of carbonyl (C=O) groups excluding carboxylic acids is 2. The Morgan fingerprint density at radius 2 is 2.00 bits per heavy atom. The maximum absolute atomic E-state index is 13.2. The number of carbonyl (C=O) groups is 2. The molecule has 1 saturated heterocycles. The van der Waals surface area contributed by atoms with Gasteiger partial charge < -0.3 is 4.90 Å². The van der Waals surface area contributed by atoms with Crippen LogP contribution in [0.2, 0.25) is 0 Å². The predicted octanol–water partition coefficient (Wildman–Crippen LogP) is 3.04. The van der Waals surface area contributed by atoms with E-state index in [1.54, 1.807) is 46.7 Å². The average Bonchev–Trinajstić information content (AvgIpc) is 3.47. The van der Waals surface area contributed by atoms with Gasteiger partial charge in [-0.2, -0.15) is 5.10 Å². The molecule has 2 aliphatic rings.